The summed E-state index contributed by atoms with van der Waals surface area (Å²) in [5, 5.41) is -0.234. The van der Waals surface area contributed by atoms with Crippen LogP contribution in [0.25, 0.3) is 22.4 Å². The molecule has 0 aliphatic heterocycles. The summed E-state index contributed by atoms with van der Waals surface area (Å²) in [5.41, 5.74) is -0.679. The molecule has 0 unspecified atom stereocenters. The van der Waals surface area contributed by atoms with Gasteiger partial charge < -0.3 is 4.42 Å². The highest BCUT2D eigenvalue weighted by molar-refractivity contribution is 5.79. The van der Waals surface area contributed by atoms with Crippen molar-refractivity contribution in [1.82, 2.24) is 4.98 Å². The summed E-state index contributed by atoms with van der Waals surface area (Å²) in [7, 11) is 0. The van der Waals surface area contributed by atoms with E-state index in [0.29, 0.717) is 0 Å². The average Bonchev–Trinajstić information content (AvgIpc) is 2.39. The van der Waals surface area contributed by atoms with Crippen LogP contribution < -0.4 is 5.63 Å². The maximum Gasteiger partial charge on any atom is 0.350 e. The lowest BCUT2D eigenvalue weighted by atomic mass is 10.2. The number of benzene rings is 2. The number of hydrogen-bond acceptors (Lipinski definition) is 3. The highest BCUT2D eigenvalue weighted by atomic mass is 19.1. The minimum atomic E-state index is -0.874. The van der Waals surface area contributed by atoms with Gasteiger partial charge in [0.2, 0.25) is 5.89 Å². The Morgan fingerprint density at radius 1 is 0.947 bits per heavy atom. The van der Waals surface area contributed by atoms with Crippen LogP contribution in [-0.4, -0.2) is 4.98 Å². The van der Waals surface area contributed by atoms with Crippen molar-refractivity contribution in [3.8, 4) is 11.5 Å². The molecule has 3 rings (SSSR count). The summed E-state index contributed by atoms with van der Waals surface area (Å²) in [4.78, 5) is 15.7. The van der Waals surface area contributed by atoms with Crippen molar-refractivity contribution in [3.05, 3.63) is 64.5 Å². The molecule has 0 aliphatic carbocycles. The molecule has 19 heavy (non-hydrogen) atoms. The van der Waals surface area contributed by atoms with Crippen molar-refractivity contribution in [2.45, 2.75) is 0 Å². The Bertz CT molecular complexity index is 827. The van der Waals surface area contributed by atoms with Gasteiger partial charge in [-0.05, 0) is 24.3 Å². The number of aromatic nitrogens is 1. The van der Waals surface area contributed by atoms with E-state index in [0.717, 1.165) is 6.07 Å². The predicted molar refractivity (Wildman–Crippen MR) is 65.6 cm³/mol. The molecule has 0 saturated heterocycles. The van der Waals surface area contributed by atoms with Crippen molar-refractivity contribution in [2.24, 2.45) is 0 Å². The first-order valence-corrected chi connectivity index (χ1v) is 5.51. The summed E-state index contributed by atoms with van der Waals surface area (Å²) < 4.78 is 32.0. The van der Waals surface area contributed by atoms with Crippen molar-refractivity contribution in [2.75, 3.05) is 0 Å². The van der Waals surface area contributed by atoms with Crippen LogP contribution in [0.15, 0.2) is 51.7 Å². The monoisotopic (exact) mass is 259 g/mol. The van der Waals surface area contributed by atoms with Gasteiger partial charge in [0.25, 0.3) is 0 Å². The maximum atomic E-state index is 13.6. The Balaban J connectivity index is 2.34. The highest BCUT2D eigenvalue weighted by Crippen LogP contribution is 2.22. The molecule has 0 spiro atoms. The quantitative estimate of drug-likeness (QED) is 0.674. The van der Waals surface area contributed by atoms with E-state index >= 15 is 0 Å². The average molecular weight is 259 g/mol. The van der Waals surface area contributed by atoms with Crippen LogP contribution in [0, 0.1) is 11.6 Å². The summed E-state index contributed by atoms with van der Waals surface area (Å²) in [6, 6.07) is 9.81. The molecule has 0 amide bonds. The Labute approximate surface area is 106 Å². The van der Waals surface area contributed by atoms with Gasteiger partial charge in [0.1, 0.15) is 17.0 Å². The van der Waals surface area contributed by atoms with Crippen LogP contribution >= 0.6 is 0 Å². The Kier molecular flexibility index (Phi) is 2.59. The molecular weight excluding hydrogens is 252 g/mol. The molecule has 94 valence electrons. The van der Waals surface area contributed by atoms with E-state index in [1.54, 1.807) is 6.07 Å². The molecular formula is C14H7F2NO2. The van der Waals surface area contributed by atoms with Crippen LogP contribution in [0.2, 0.25) is 0 Å². The first kappa shape index (κ1) is 11.5. The van der Waals surface area contributed by atoms with Gasteiger partial charge in [-0.15, -0.1) is 0 Å². The Morgan fingerprint density at radius 3 is 2.47 bits per heavy atom. The van der Waals surface area contributed by atoms with Crippen LogP contribution in [0.4, 0.5) is 8.78 Å². The first-order chi connectivity index (χ1) is 9.16. The third-order valence-corrected chi connectivity index (χ3v) is 2.71. The fraction of sp³-hybridized carbons (Fsp3) is 0. The van der Waals surface area contributed by atoms with E-state index < -0.39 is 17.3 Å². The third kappa shape index (κ3) is 1.89. The van der Waals surface area contributed by atoms with Gasteiger partial charge in [-0.1, -0.05) is 18.2 Å². The van der Waals surface area contributed by atoms with Crippen molar-refractivity contribution in [3.63, 3.8) is 0 Å². The molecule has 5 heteroatoms. The molecule has 0 bridgehead atoms. The van der Waals surface area contributed by atoms with Crippen LogP contribution in [0.5, 0.6) is 0 Å². The second-order valence-electron chi connectivity index (χ2n) is 3.92. The summed E-state index contributed by atoms with van der Waals surface area (Å²) in [6.07, 6.45) is 0. The van der Waals surface area contributed by atoms with Crippen molar-refractivity contribution < 1.29 is 13.2 Å². The van der Waals surface area contributed by atoms with Crippen LogP contribution in [0.3, 0.4) is 0 Å². The smallest absolute Gasteiger partial charge is 0.350 e. The number of rotatable bonds is 1. The van der Waals surface area contributed by atoms with E-state index in [-0.39, 0.29) is 22.4 Å². The summed E-state index contributed by atoms with van der Waals surface area (Å²) in [6.45, 7) is 0. The van der Waals surface area contributed by atoms with Gasteiger partial charge in [0, 0.05) is 0 Å². The largest absolute Gasteiger partial charge is 0.403 e. The first-order valence-electron chi connectivity index (χ1n) is 5.51. The van der Waals surface area contributed by atoms with Gasteiger partial charge in [0.05, 0.1) is 11.1 Å². The molecule has 0 aliphatic rings. The zero-order valence-electron chi connectivity index (χ0n) is 9.56. The summed E-state index contributed by atoms with van der Waals surface area (Å²) >= 11 is 0. The fourth-order valence-corrected chi connectivity index (χ4v) is 1.83. The Hall–Kier alpha value is -2.56. The Morgan fingerprint density at radius 2 is 1.68 bits per heavy atom. The lowest BCUT2D eigenvalue weighted by molar-refractivity contribution is 0.507. The molecule has 2 aromatic carbocycles. The van der Waals surface area contributed by atoms with E-state index in [4.69, 9.17) is 4.42 Å². The minimum Gasteiger partial charge on any atom is -0.403 e. The standard InChI is InChI=1S/C14H7F2NO2/c15-9-5-2-1-4-8(9)13-17-11-7-3-6-10(16)12(11)14(18)19-13/h1-7H. The van der Waals surface area contributed by atoms with Crippen LogP contribution in [0.1, 0.15) is 0 Å². The topological polar surface area (TPSA) is 43.1 Å². The number of hydrogen-bond donors (Lipinski definition) is 0. The normalized spacial score (nSPS) is 10.8. The highest BCUT2D eigenvalue weighted by Gasteiger charge is 2.14. The fourth-order valence-electron chi connectivity index (χ4n) is 1.83. The zero-order chi connectivity index (χ0) is 13.4. The molecule has 0 fully saturated rings. The molecule has 0 N–H and O–H groups in total. The number of halogens is 2. The van der Waals surface area contributed by atoms with Gasteiger partial charge >= 0.3 is 5.63 Å². The van der Waals surface area contributed by atoms with E-state index in [1.165, 1.54) is 30.3 Å². The lowest BCUT2D eigenvalue weighted by Gasteiger charge is -2.02. The lowest BCUT2D eigenvalue weighted by Crippen LogP contribution is -2.05. The third-order valence-electron chi connectivity index (χ3n) is 2.71. The second kappa shape index (κ2) is 4.28. The number of fused-ring (bicyclic) bond motifs is 1. The molecule has 0 radical (unpaired) electrons. The summed E-state index contributed by atoms with van der Waals surface area (Å²) in [5.74, 6) is -1.44. The SMILES string of the molecule is O=c1oc(-c2ccccc2F)nc2cccc(F)c12. The van der Waals surface area contributed by atoms with Crippen molar-refractivity contribution in [1.29, 1.82) is 0 Å². The molecule has 0 saturated carbocycles. The van der Waals surface area contributed by atoms with E-state index in [2.05, 4.69) is 4.98 Å². The number of nitrogens with zero attached hydrogens (tertiary/aromatic N) is 1. The minimum absolute atomic E-state index is 0.0609. The van der Waals surface area contributed by atoms with Crippen molar-refractivity contribution >= 4 is 10.9 Å². The maximum absolute atomic E-state index is 13.6. The van der Waals surface area contributed by atoms with E-state index in [1.807, 2.05) is 0 Å². The van der Waals surface area contributed by atoms with Crippen LogP contribution in [-0.2, 0) is 0 Å². The molecule has 3 nitrogen and oxygen atoms in total. The zero-order valence-corrected chi connectivity index (χ0v) is 9.56. The van der Waals surface area contributed by atoms with Gasteiger partial charge in [-0.25, -0.2) is 18.6 Å². The molecule has 3 aromatic rings. The molecule has 1 heterocycles. The van der Waals surface area contributed by atoms with Gasteiger partial charge in [-0.2, -0.15) is 0 Å². The second-order valence-corrected chi connectivity index (χ2v) is 3.92. The van der Waals surface area contributed by atoms with Gasteiger partial charge in [-0.3, -0.25) is 0 Å². The van der Waals surface area contributed by atoms with E-state index in [9.17, 15) is 13.6 Å². The molecule has 0 atom stereocenters. The molecule has 1 aromatic heterocycles. The van der Waals surface area contributed by atoms with Gasteiger partial charge in [0.15, 0.2) is 0 Å². The predicted octanol–water partition coefficient (Wildman–Crippen LogP) is 3.13.